The Morgan fingerprint density at radius 2 is 1.81 bits per heavy atom. The van der Waals surface area contributed by atoms with Gasteiger partial charge in [-0.25, -0.2) is 0 Å². The molecule has 0 saturated carbocycles. The number of hydrogen-bond acceptors (Lipinski definition) is 5. The summed E-state index contributed by atoms with van der Waals surface area (Å²) in [5.74, 6) is 1.56. The molecule has 0 spiro atoms. The highest BCUT2D eigenvalue weighted by Crippen LogP contribution is 2.29. The predicted molar refractivity (Wildman–Crippen MR) is 129 cm³/mol. The fourth-order valence-corrected chi connectivity index (χ4v) is 4.14. The van der Waals surface area contributed by atoms with Crippen LogP contribution in [0.5, 0.6) is 5.75 Å². The van der Waals surface area contributed by atoms with E-state index < -0.39 is 0 Å². The number of rotatable bonds is 7. The maximum Gasteiger partial charge on any atom is 0.234 e. The van der Waals surface area contributed by atoms with Crippen LogP contribution >= 0.6 is 11.8 Å². The van der Waals surface area contributed by atoms with E-state index in [1.807, 2.05) is 85.1 Å². The van der Waals surface area contributed by atoms with Crippen LogP contribution in [-0.2, 0) is 4.79 Å². The van der Waals surface area contributed by atoms with Crippen LogP contribution in [0, 0.1) is 13.8 Å². The van der Waals surface area contributed by atoms with E-state index in [0.717, 1.165) is 33.8 Å². The number of benzene rings is 3. The fraction of sp³-hybridized carbons (Fsp3) is 0.160. The van der Waals surface area contributed by atoms with Crippen LogP contribution in [0.25, 0.3) is 17.1 Å². The summed E-state index contributed by atoms with van der Waals surface area (Å²) in [5.41, 5.74) is 4.83. The van der Waals surface area contributed by atoms with Crippen molar-refractivity contribution in [2.45, 2.75) is 19.0 Å². The van der Waals surface area contributed by atoms with Gasteiger partial charge in [0, 0.05) is 16.9 Å². The van der Waals surface area contributed by atoms with Gasteiger partial charge in [-0.05, 0) is 49.7 Å². The van der Waals surface area contributed by atoms with Crippen molar-refractivity contribution in [1.82, 2.24) is 14.8 Å². The number of ether oxygens (including phenoxy) is 1. The van der Waals surface area contributed by atoms with Gasteiger partial charge in [-0.15, -0.1) is 10.2 Å². The monoisotopic (exact) mass is 444 g/mol. The summed E-state index contributed by atoms with van der Waals surface area (Å²) in [4.78, 5) is 12.6. The Kier molecular flexibility index (Phi) is 6.56. The zero-order chi connectivity index (χ0) is 22.5. The van der Waals surface area contributed by atoms with Crippen molar-refractivity contribution in [1.29, 1.82) is 0 Å². The molecule has 0 aliphatic rings. The number of carbonyl (C=O) groups is 1. The van der Waals surface area contributed by atoms with Crippen molar-refractivity contribution in [2.75, 3.05) is 18.2 Å². The molecule has 0 aliphatic carbocycles. The highest BCUT2D eigenvalue weighted by molar-refractivity contribution is 7.99. The molecule has 1 amide bonds. The molecule has 0 radical (unpaired) electrons. The van der Waals surface area contributed by atoms with Crippen LogP contribution in [0.15, 0.2) is 78.0 Å². The van der Waals surface area contributed by atoms with Crippen molar-refractivity contribution >= 4 is 23.4 Å². The van der Waals surface area contributed by atoms with E-state index in [-0.39, 0.29) is 11.7 Å². The molecule has 1 aromatic heterocycles. The van der Waals surface area contributed by atoms with E-state index in [0.29, 0.717) is 11.0 Å². The van der Waals surface area contributed by atoms with Gasteiger partial charge in [-0.3, -0.25) is 9.36 Å². The summed E-state index contributed by atoms with van der Waals surface area (Å²) in [6.07, 6.45) is 0. The molecule has 0 fully saturated rings. The standard InChI is InChI=1S/C25H24N4O2S/c1-17-12-13-22(18(2)14-17)26-23(30)16-32-25-28-27-24(19-8-7-11-21(15-19)31-3)29(25)20-9-5-4-6-10-20/h4-15H,16H2,1-3H3,(H,26,30). The molecule has 0 unspecified atom stereocenters. The van der Waals surface area contributed by atoms with Crippen molar-refractivity contribution in [3.05, 3.63) is 83.9 Å². The van der Waals surface area contributed by atoms with Gasteiger partial charge >= 0.3 is 0 Å². The van der Waals surface area contributed by atoms with E-state index in [1.54, 1.807) is 7.11 Å². The predicted octanol–water partition coefficient (Wildman–Crippen LogP) is 5.29. The molecule has 0 aliphatic heterocycles. The second kappa shape index (κ2) is 9.70. The first-order valence-corrected chi connectivity index (χ1v) is 11.2. The maximum absolute atomic E-state index is 12.6. The quantitative estimate of drug-likeness (QED) is 0.392. The van der Waals surface area contributed by atoms with Gasteiger partial charge in [-0.1, -0.05) is 59.8 Å². The second-order valence-electron chi connectivity index (χ2n) is 7.36. The lowest BCUT2D eigenvalue weighted by Crippen LogP contribution is -2.15. The Morgan fingerprint density at radius 3 is 2.56 bits per heavy atom. The number of thioether (sulfide) groups is 1. The van der Waals surface area contributed by atoms with Gasteiger partial charge < -0.3 is 10.1 Å². The molecular weight excluding hydrogens is 420 g/mol. The van der Waals surface area contributed by atoms with Crippen LogP contribution in [0.1, 0.15) is 11.1 Å². The maximum atomic E-state index is 12.6. The van der Waals surface area contributed by atoms with E-state index in [2.05, 4.69) is 21.6 Å². The van der Waals surface area contributed by atoms with Gasteiger partial charge in [0.25, 0.3) is 0 Å². The number of para-hydroxylation sites is 1. The topological polar surface area (TPSA) is 69.0 Å². The first kappa shape index (κ1) is 21.6. The van der Waals surface area contributed by atoms with Crippen molar-refractivity contribution in [2.24, 2.45) is 0 Å². The molecule has 6 nitrogen and oxygen atoms in total. The lowest BCUT2D eigenvalue weighted by molar-refractivity contribution is -0.113. The summed E-state index contributed by atoms with van der Waals surface area (Å²) in [5, 5.41) is 12.4. The van der Waals surface area contributed by atoms with Gasteiger partial charge in [0.05, 0.1) is 12.9 Å². The summed E-state index contributed by atoms with van der Waals surface area (Å²) < 4.78 is 7.33. The van der Waals surface area contributed by atoms with Crippen LogP contribution in [0.2, 0.25) is 0 Å². The first-order valence-electron chi connectivity index (χ1n) is 10.2. The van der Waals surface area contributed by atoms with Gasteiger partial charge in [0.2, 0.25) is 5.91 Å². The normalized spacial score (nSPS) is 10.7. The average molecular weight is 445 g/mol. The smallest absolute Gasteiger partial charge is 0.234 e. The number of aryl methyl sites for hydroxylation is 2. The lowest BCUT2D eigenvalue weighted by Gasteiger charge is -2.11. The third-order valence-electron chi connectivity index (χ3n) is 4.96. The second-order valence-corrected chi connectivity index (χ2v) is 8.31. The minimum Gasteiger partial charge on any atom is -0.497 e. The summed E-state index contributed by atoms with van der Waals surface area (Å²) in [6, 6.07) is 23.5. The third kappa shape index (κ3) is 4.84. The minimum absolute atomic E-state index is 0.0903. The zero-order valence-corrected chi connectivity index (χ0v) is 19.0. The molecule has 4 rings (SSSR count). The van der Waals surface area contributed by atoms with Crippen LogP contribution in [0.3, 0.4) is 0 Å². The summed E-state index contributed by atoms with van der Waals surface area (Å²) in [6.45, 7) is 4.02. The van der Waals surface area contributed by atoms with E-state index in [4.69, 9.17) is 4.74 Å². The molecule has 162 valence electrons. The Labute approximate surface area is 191 Å². The molecule has 32 heavy (non-hydrogen) atoms. The highest BCUT2D eigenvalue weighted by atomic mass is 32.2. The molecule has 4 aromatic rings. The number of anilines is 1. The zero-order valence-electron chi connectivity index (χ0n) is 18.2. The molecule has 7 heteroatoms. The van der Waals surface area contributed by atoms with Crippen LogP contribution in [0.4, 0.5) is 5.69 Å². The number of nitrogens with zero attached hydrogens (tertiary/aromatic N) is 3. The minimum atomic E-state index is -0.0903. The van der Waals surface area contributed by atoms with E-state index in [1.165, 1.54) is 11.8 Å². The summed E-state index contributed by atoms with van der Waals surface area (Å²) >= 11 is 1.35. The Hall–Kier alpha value is -3.58. The third-order valence-corrected chi connectivity index (χ3v) is 5.89. The number of aromatic nitrogens is 3. The number of carbonyl (C=O) groups excluding carboxylic acids is 1. The van der Waals surface area contributed by atoms with E-state index in [9.17, 15) is 4.79 Å². The van der Waals surface area contributed by atoms with Gasteiger partial charge in [0.1, 0.15) is 5.75 Å². The van der Waals surface area contributed by atoms with E-state index >= 15 is 0 Å². The molecule has 1 N–H and O–H groups in total. The van der Waals surface area contributed by atoms with Gasteiger partial charge in [-0.2, -0.15) is 0 Å². The molecule has 0 bridgehead atoms. The fourth-order valence-electron chi connectivity index (χ4n) is 3.39. The average Bonchev–Trinajstić information content (AvgIpc) is 3.24. The van der Waals surface area contributed by atoms with Crippen LogP contribution < -0.4 is 10.1 Å². The molecule has 0 saturated heterocycles. The number of nitrogens with one attached hydrogen (secondary N) is 1. The Bertz CT molecular complexity index is 1240. The van der Waals surface area contributed by atoms with Crippen molar-refractivity contribution < 1.29 is 9.53 Å². The van der Waals surface area contributed by atoms with Crippen LogP contribution in [-0.4, -0.2) is 33.5 Å². The SMILES string of the molecule is COc1cccc(-c2nnc(SCC(=O)Nc3ccc(C)cc3C)n2-c2ccccc2)c1. The first-order chi connectivity index (χ1) is 15.5. The van der Waals surface area contributed by atoms with Crippen molar-refractivity contribution in [3.8, 4) is 22.8 Å². The molecule has 1 heterocycles. The van der Waals surface area contributed by atoms with Gasteiger partial charge in [0.15, 0.2) is 11.0 Å². The largest absolute Gasteiger partial charge is 0.497 e. The molecule has 0 atom stereocenters. The summed E-state index contributed by atoms with van der Waals surface area (Å²) in [7, 11) is 1.64. The lowest BCUT2D eigenvalue weighted by atomic mass is 10.1. The number of amides is 1. The molecule has 3 aromatic carbocycles. The molecular formula is C25H24N4O2S. The van der Waals surface area contributed by atoms with Crippen molar-refractivity contribution in [3.63, 3.8) is 0 Å². The number of methoxy groups -OCH3 is 1. The highest BCUT2D eigenvalue weighted by Gasteiger charge is 2.18. The number of hydrogen-bond donors (Lipinski definition) is 1. The Balaban J connectivity index is 1.60. The Morgan fingerprint density at radius 1 is 1.00 bits per heavy atom.